The number of hydrogen-bond donors (Lipinski definition) is 2. The van der Waals surface area contributed by atoms with Gasteiger partial charge in [-0.1, -0.05) is 5.21 Å². The molecule has 2 bridgehead atoms. The molecule has 4 fully saturated rings. The number of carbonyl (C=O) groups excluding carboxylic acids is 1. The first-order valence-electron chi connectivity index (χ1n) is 8.18. The molecule has 4 aliphatic rings. The Morgan fingerprint density at radius 2 is 2.09 bits per heavy atom. The fourth-order valence-corrected chi connectivity index (χ4v) is 4.45. The fourth-order valence-electron chi connectivity index (χ4n) is 4.45. The van der Waals surface area contributed by atoms with Crippen molar-refractivity contribution in [1.29, 1.82) is 0 Å². The van der Waals surface area contributed by atoms with E-state index in [1.54, 1.807) is 10.9 Å². The molecule has 0 spiro atoms. The first-order chi connectivity index (χ1) is 11.0. The number of aliphatic carboxylic acids is 1. The SMILES string of the molecule is O=C(NC12CC(C(=O)O)(C1)C2)N1CCCCC1Cn1ccnn1. The van der Waals surface area contributed by atoms with Gasteiger partial charge in [-0.2, -0.15) is 0 Å². The Hall–Kier alpha value is -2.12. The van der Waals surface area contributed by atoms with Gasteiger partial charge in [0.1, 0.15) is 0 Å². The lowest BCUT2D eigenvalue weighted by atomic mass is 9.39. The van der Waals surface area contributed by atoms with Crippen molar-refractivity contribution in [2.24, 2.45) is 5.41 Å². The predicted octanol–water partition coefficient (Wildman–Crippen LogP) is 0.849. The van der Waals surface area contributed by atoms with E-state index in [-0.39, 0.29) is 17.6 Å². The Kier molecular flexibility index (Phi) is 3.11. The van der Waals surface area contributed by atoms with Crippen LogP contribution in [0.3, 0.4) is 0 Å². The third-order valence-corrected chi connectivity index (χ3v) is 5.61. The van der Waals surface area contributed by atoms with Crippen LogP contribution in [0.5, 0.6) is 0 Å². The number of aromatic nitrogens is 3. The van der Waals surface area contributed by atoms with E-state index in [1.807, 2.05) is 11.1 Å². The number of urea groups is 1. The van der Waals surface area contributed by atoms with Gasteiger partial charge in [-0.05, 0) is 38.5 Å². The number of piperidine rings is 1. The second-order valence-electron chi connectivity index (χ2n) is 7.29. The summed E-state index contributed by atoms with van der Waals surface area (Å²) in [6.45, 7) is 1.39. The Labute approximate surface area is 133 Å². The molecule has 8 heteroatoms. The molecular weight excluding hydrogens is 298 g/mol. The van der Waals surface area contributed by atoms with Crippen molar-refractivity contribution in [3.63, 3.8) is 0 Å². The molecule has 124 valence electrons. The maximum absolute atomic E-state index is 12.7. The summed E-state index contributed by atoms with van der Waals surface area (Å²) in [4.78, 5) is 25.7. The van der Waals surface area contributed by atoms with Crippen LogP contribution >= 0.6 is 0 Å². The molecule has 2 amide bonds. The summed E-state index contributed by atoms with van der Waals surface area (Å²) in [7, 11) is 0. The van der Waals surface area contributed by atoms with E-state index < -0.39 is 11.4 Å². The maximum atomic E-state index is 12.7. The van der Waals surface area contributed by atoms with Gasteiger partial charge in [0.25, 0.3) is 0 Å². The van der Waals surface area contributed by atoms with Gasteiger partial charge < -0.3 is 15.3 Å². The maximum Gasteiger partial charge on any atom is 0.318 e. The molecular formula is C15H21N5O3. The Balaban J connectivity index is 1.38. The minimum absolute atomic E-state index is 0.0616. The first-order valence-corrected chi connectivity index (χ1v) is 8.18. The summed E-state index contributed by atoms with van der Waals surface area (Å²) < 4.78 is 1.76. The number of amides is 2. The zero-order chi connectivity index (χ0) is 16.1. The van der Waals surface area contributed by atoms with Gasteiger partial charge in [-0.15, -0.1) is 5.10 Å². The van der Waals surface area contributed by atoms with Crippen molar-refractivity contribution in [3.05, 3.63) is 12.4 Å². The highest BCUT2D eigenvalue weighted by Crippen LogP contribution is 2.67. The number of carboxylic acids is 1. The third kappa shape index (κ3) is 2.27. The molecule has 1 aromatic rings. The van der Waals surface area contributed by atoms with Crippen LogP contribution in [0.4, 0.5) is 4.79 Å². The molecule has 2 heterocycles. The number of nitrogens with one attached hydrogen (secondary N) is 1. The topological polar surface area (TPSA) is 100 Å². The Morgan fingerprint density at radius 3 is 2.74 bits per heavy atom. The smallest absolute Gasteiger partial charge is 0.318 e. The van der Waals surface area contributed by atoms with Crippen molar-refractivity contribution in [2.75, 3.05) is 6.54 Å². The molecule has 1 atom stereocenters. The number of rotatable bonds is 4. The Bertz CT molecular complexity index is 609. The number of hydrogen-bond acceptors (Lipinski definition) is 4. The monoisotopic (exact) mass is 319 g/mol. The lowest BCUT2D eigenvalue weighted by molar-refractivity contribution is -0.196. The van der Waals surface area contributed by atoms with Gasteiger partial charge >= 0.3 is 12.0 Å². The number of nitrogens with zero attached hydrogens (tertiary/aromatic N) is 4. The molecule has 2 N–H and O–H groups in total. The van der Waals surface area contributed by atoms with Crippen LogP contribution < -0.4 is 5.32 Å². The van der Waals surface area contributed by atoms with E-state index >= 15 is 0 Å². The molecule has 0 aromatic carbocycles. The molecule has 3 saturated carbocycles. The highest BCUT2D eigenvalue weighted by Gasteiger charge is 2.72. The molecule has 1 aliphatic heterocycles. The standard InChI is InChI=1S/C15H21N5O3/c21-12(22)14-8-15(9-14,10-14)17-13(23)20-5-2-1-3-11(20)7-19-6-4-16-18-19/h4,6,11H,1-3,5,7-10H2,(H,17,23)(H,21,22). The molecule has 1 unspecified atom stereocenters. The average molecular weight is 319 g/mol. The van der Waals surface area contributed by atoms with Crippen LogP contribution in [0, 0.1) is 5.41 Å². The van der Waals surface area contributed by atoms with Gasteiger partial charge in [-0.25, -0.2) is 4.79 Å². The van der Waals surface area contributed by atoms with Crippen LogP contribution in [0.25, 0.3) is 0 Å². The molecule has 3 aliphatic carbocycles. The van der Waals surface area contributed by atoms with Gasteiger partial charge in [0.2, 0.25) is 0 Å². The van der Waals surface area contributed by atoms with E-state index in [4.69, 9.17) is 0 Å². The molecule has 1 saturated heterocycles. The van der Waals surface area contributed by atoms with Crippen LogP contribution in [0.1, 0.15) is 38.5 Å². The van der Waals surface area contributed by atoms with E-state index in [1.165, 1.54) is 0 Å². The molecule has 1 aromatic heterocycles. The summed E-state index contributed by atoms with van der Waals surface area (Å²) in [6, 6.07) is 0.0553. The second-order valence-corrected chi connectivity index (χ2v) is 7.29. The van der Waals surface area contributed by atoms with Crippen molar-refractivity contribution in [1.82, 2.24) is 25.2 Å². The zero-order valence-electron chi connectivity index (χ0n) is 12.9. The van der Waals surface area contributed by atoms with Crippen LogP contribution in [-0.2, 0) is 11.3 Å². The largest absolute Gasteiger partial charge is 0.481 e. The van der Waals surface area contributed by atoms with E-state index in [2.05, 4.69) is 15.6 Å². The van der Waals surface area contributed by atoms with Crippen LogP contribution in [0.2, 0.25) is 0 Å². The molecule has 5 rings (SSSR count). The highest BCUT2D eigenvalue weighted by molar-refractivity contribution is 5.83. The highest BCUT2D eigenvalue weighted by atomic mass is 16.4. The van der Waals surface area contributed by atoms with E-state index in [0.717, 1.165) is 25.8 Å². The van der Waals surface area contributed by atoms with Gasteiger partial charge in [0, 0.05) is 18.3 Å². The summed E-state index contributed by atoms with van der Waals surface area (Å²) >= 11 is 0. The van der Waals surface area contributed by atoms with Gasteiger partial charge in [0.05, 0.1) is 24.2 Å². The summed E-state index contributed by atoms with van der Waals surface area (Å²) in [5.74, 6) is -0.726. The molecule has 0 radical (unpaired) electrons. The second kappa shape index (κ2) is 4.94. The Morgan fingerprint density at radius 1 is 1.30 bits per heavy atom. The zero-order valence-corrected chi connectivity index (χ0v) is 12.9. The van der Waals surface area contributed by atoms with Gasteiger partial charge in [0.15, 0.2) is 0 Å². The number of carbonyl (C=O) groups is 2. The fraction of sp³-hybridized carbons (Fsp3) is 0.733. The van der Waals surface area contributed by atoms with Crippen molar-refractivity contribution in [3.8, 4) is 0 Å². The number of carboxylic acid groups (broad SMARTS) is 1. The number of likely N-dealkylation sites (tertiary alicyclic amines) is 1. The van der Waals surface area contributed by atoms with Crippen LogP contribution in [-0.4, -0.2) is 55.1 Å². The minimum atomic E-state index is -0.726. The quantitative estimate of drug-likeness (QED) is 0.857. The van der Waals surface area contributed by atoms with E-state index in [9.17, 15) is 14.7 Å². The molecule has 23 heavy (non-hydrogen) atoms. The van der Waals surface area contributed by atoms with Crippen molar-refractivity contribution >= 4 is 12.0 Å². The summed E-state index contributed by atoms with van der Waals surface area (Å²) in [5.41, 5.74) is -0.833. The summed E-state index contributed by atoms with van der Waals surface area (Å²) in [5, 5.41) is 20.1. The molecule has 8 nitrogen and oxygen atoms in total. The summed E-state index contributed by atoms with van der Waals surface area (Å²) in [6.07, 6.45) is 8.24. The van der Waals surface area contributed by atoms with Crippen LogP contribution in [0.15, 0.2) is 12.4 Å². The minimum Gasteiger partial charge on any atom is -0.481 e. The lowest BCUT2D eigenvalue weighted by Crippen LogP contribution is -2.78. The first kappa shape index (κ1) is 14.5. The predicted molar refractivity (Wildman–Crippen MR) is 79.5 cm³/mol. The van der Waals surface area contributed by atoms with Crippen molar-refractivity contribution in [2.45, 2.75) is 56.7 Å². The average Bonchev–Trinajstić information content (AvgIpc) is 2.94. The van der Waals surface area contributed by atoms with E-state index in [0.29, 0.717) is 25.8 Å². The third-order valence-electron chi connectivity index (χ3n) is 5.61. The normalized spacial score (nSPS) is 35.1. The van der Waals surface area contributed by atoms with Gasteiger partial charge in [-0.3, -0.25) is 9.48 Å². The lowest BCUT2D eigenvalue weighted by Gasteiger charge is -2.68. The van der Waals surface area contributed by atoms with Crippen molar-refractivity contribution < 1.29 is 14.7 Å².